The van der Waals surface area contributed by atoms with Crippen molar-refractivity contribution < 1.29 is 19.7 Å². The molecule has 4 rings (SSSR count). The van der Waals surface area contributed by atoms with Crippen LogP contribution in [0, 0.1) is 11.3 Å². The van der Waals surface area contributed by atoms with Gasteiger partial charge in [-0.2, -0.15) is 5.26 Å². The van der Waals surface area contributed by atoms with E-state index in [2.05, 4.69) is 6.07 Å². The van der Waals surface area contributed by atoms with Crippen molar-refractivity contribution in [2.24, 2.45) is 0 Å². The van der Waals surface area contributed by atoms with Crippen LogP contribution in [0.15, 0.2) is 0 Å². The SMILES string of the molecule is N#CCCC1CC[C@@H]2OC3(O)CC[C@]2(C[C@H]3O)O1. The molecule has 1 spiro atoms. The fourth-order valence-electron chi connectivity index (χ4n) is 3.59. The van der Waals surface area contributed by atoms with Gasteiger partial charge in [0.05, 0.1) is 23.9 Å². The maximum atomic E-state index is 10.2. The molecule has 1 saturated carbocycles. The average Bonchev–Trinajstić information content (AvgIpc) is 2.36. The van der Waals surface area contributed by atoms with Gasteiger partial charge in [0.25, 0.3) is 0 Å². The highest BCUT2D eigenvalue weighted by molar-refractivity contribution is 5.08. The third kappa shape index (κ3) is 1.76. The predicted octanol–water partition coefficient (Wildman–Crippen LogP) is 0.840. The molecule has 4 fully saturated rings. The minimum atomic E-state index is -1.37. The molecule has 5 nitrogen and oxygen atoms in total. The van der Waals surface area contributed by atoms with Gasteiger partial charge < -0.3 is 19.7 Å². The second kappa shape index (κ2) is 4.17. The van der Waals surface area contributed by atoms with Gasteiger partial charge in [-0.15, -0.1) is 0 Å². The monoisotopic (exact) mass is 253 g/mol. The van der Waals surface area contributed by atoms with Gasteiger partial charge in [-0.1, -0.05) is 0 Å². The summed E-state index contributed by atoms with van der Waals surface area (Å²) in [6.45, 7) is 0. The molecule has 2 unspecified atom stereocenters. The second-order valence-electron chi connectivity index (χ2n) is 5.75. The lowest BCUT2D eigenvalue weighted by molar-refractivity contribution is -0.396. The van der Waals surface area contributed by atoms with Crippen LogP contribution in [0.3, 0.4) is 0 Å². The van der Waals surface area contributed by atoms with Gasteiger partial charge in [0.15, 0.2) is 5.79 Å². The number of aliphatic hydroxyl groups excluding tert-OH is 1. The largest absolute Gasteiger partial charge is 0.387 e. The molecule has 0 aromatic heterocycles. The zero-order valence-electron chi connectivity index (χ0n) is 10.3. The van der Waals surface area contributed by atoms with Crippen LogP contribution in [0.5, 0.6) is 0 Å². The average molecular weight is 253 g/mol. The van der Waals surface area contributed by atoms with E-state index >= 15 is 0 Å². The van der Waals surface area contributed by atoms with Crippen molar-refractivity contribution in [2.75, 3.05) is 0 Å². The summed E-state index contributed by atoms with van der Waals surface area (Å²) in [4.78, 5) is 0. The summed E-state index contributed by atoms with van der Waals surface area (Å²) in [7, 11) is 0. The second-order valence-corrected chi connectivity index (χ2v) is 5.75. The first-order valence-electron chi connectivity index (χ1n) is 6.71. The lowest BCUT2D eigenvalue weighted by Crippen LogP contribution is -2.70. The molecule has 0 radical (unpaired) electrons. The van der Waals surface area contributed by atoms with Crippen LogP contribution in [0.4, 0.5) is 0 Å². The first kappa shape index (κ1) is 12.4. The highest BCUT2D eigenvalue weighted by atomic mass is 16.7. The van der Waals surface area contributed by atoms with E-state index in [-0.39, 0.29) is 12.2 Å². The lowest BCUT2D eigenvalue weighted by Gasteiger charge is -2.59. The van der Waals surface area contributed by atoms with Gasteiger partial charge in [-0.05, 0) is 25.7 Å². The van der Waals surface area contributed by atoms with Gasteiger partial charge in [-0.25, -0.2) is 0 Å². The Morgan fingerprint density at radius 3 is 2.83 bits per heavy atom. The summed E-state index contributed by atoms with van der Waals surface area (Å²) in [5.41, 5.74) is -0.442. The zero-order chi connectivity index (χ0) is 12.8. The molecule has 5 heteroatoms. The fraction of sp³-hybridized carbons (Fsp3) is 0.923. The van der Waals surface area contributed by atoms with E-state index in [1.165, 1.54) is 0 Å². The van der Waals surface area contributed by atoms with Crippen molar-refractivity contribution in [1.82, 2.24) is 0 Å². The quantitative estimate of drug-likeness (QED) is 0.762. The molecule has 3 aliphatic heterocycles. The Bertz CT molecular complexity index is 382. The fourth-order valence-corrected chi connectivity index (χ4v) is 3.59. The third-order valence-electron chi connectivity index (χ3n) is 4.63. The van der Waals surface area contributed by atoms with E-state index in [0.717, 1.165) is 25.7 Å². The van der Waals surface area contributed by atoms with Crippen molar-refractivity contribution >= 4 is 0 Å². The van der Waals surface area contributed by atoms with E-state index in [4.69, 9.17) is 14.7 Å². The number of rotatable bonds is 2. The number of nitriles is 1. The molecule has 3 saturated heterocycles. The standard InChI is InChI=1S/C13H19NO4/c14-7-1-2-9-3-4-11-12(17-9)5-6-13(16,18-11)10(15)8-12/h9-11,15-16H,1-6,8H2/t9?,10-,11+,12-,13?/m1/s1. The molecule has 4 aliphatic rings. The summed E-state index contributed by atoms with van der Waals surface area (Å²) in [5.74, 6) is -1.37. The van der Waals surface area contributed by atoms with Crippen LogP contribution in [0.25, 0.3) is 0 Å². The summed E-state index contributed by atoms with van der Waals surface area (Å²) in [5, 5.41) is 28.7. The molecule has 3 heterocycles. The van der Waals surface area contributed by atoms with Crippen LogP contribution in [-0.2, 0) is 9.47 Å². The molecule has 18 heavy (non-hydrogen) atoms. The number of hydrogen-bond donors (Lipinski definition) is 2. The Labute approximate surface area is 106 Å². The zero-order valence-corrected chi connectivity index (χ0v) is 10.3. The van der Waals surface area contributed by atoms with E-state index in [0.29, 0.717) is 19.3 Å². The summed E-state index contributed by atoms with van der Waals surface area (Å²) < 4.78 is 11.8. The molecule has 2 N–H and O–H groups in total. The molecule has 0 aromatic rings. The van der Waals surface area contributed by atoms with E-state index in [1.54, 1.807) is 0 Å². The first-order chi connectivity index (χ1) is 8.58. The third-order valence-corrected chi connectivity index (χ3v) is 4.63. The minimum Gasteiger partial charge on any atom is -0.387 e. The molecular weight excluding hydrogens is 234 g/mol. The van der Waals surface area contributed by atoms with Gasteiger partial charge in [0.2, 0.25) is 0 Å². The van der Waals surface area contributed by atoms with E-state index in [9.17, 15) is 10.2 Å². The Kier molecular flexibility index (Phi) is 2.87. The van der Waals surface area contributed by atoms with Gasteiger partial charge >= 0.3 is 0 Å². The Morgan fingerprint density at radius 2 is 2.11 bits per heavy atom. The highest BCUT2D eigenvalue weighted by Crippen LogP contribution is 2.52. The lowest BCUT2D eigenvalue weighted by atomic mass is 9.70. The number of aliphatic hydroxyl groups is 2. The predicted molar refractivity (Wildman–Crippen MR) is 61.4 cm³/mol. The molecular formula is C13H19NO4. The van der Waals surface area contributed by atoms with Crippen LogP contribution >= 0.6 is 0 Å². The van der Waals surface area contributed by atoms with Crippen molar-refractivity contribution in [3.05, 3.63) is 0 Å². The van der Waals surface area contributed by atoms with E-state index < -0.39 is 17.5 Å². The topological polar surface area (TPSA) is 82.7 Å². The molecule has 100 valence electrons. The first-order valence-corrected chi connectivity index (χ1v) is 6.71. The number of nitrogens with zero attached hydrogens (tertiary/aromatic N) is 1. The normalized spacial score (nSPS) is 50.6. The smallest absolute Gasteiger partial charge is 0.192 e. The van der Waals surface area contributed by atoms with Crippen molar-refractivity contribution in [1.29, 1.82) is 5.26 Å². The van der Waals surface area contributed by atoms with Crippen LogP contribution < -0.4 is 0 Å². The van der Waals surface area contributed by atoms with Crippen molar-refractivity contribution in [3.63, 3.8) is 0 Å². The summed E-state index contributed by atoms with van der Waals surface area (Å²) in [6, 6.07) is 2.14. The number of fused-ring (bicyclic) bond motifs is 2. The molecule has 0 amide bonds. The number of ether oxygens (including phenoxy) is 2. The van der Waals surface area contributed by atoms with Gasteiger partial charge in [0, 0.05) is 19.3 Å². The molecule has 0 aromatic carbocycles. The van der Waals surface area contributed by atoms with E-state index in [1.807, 2.05) is 0 Å². The Hall–Kier alpha value is -0.670. The summed E-state index contributed by atoms with van der Waals surface area (Å²) >= 11 is 0. The van der Waals surface area contributed by atoms with Crippen molar-refractivity contribution in [3.8, 4) is 6.07 Å². The van der Waals surface area contributed by atoms with Crippen LogP contribution in [0.2, 0.25) is 0 Å². The summed E-state index contributed by atoms with van der Waals surface area (Å²) in [6.07, 6.45) is 3.65. The Balaban J connectivity index is 1.75. The molecule has 1 aliphatic carbocycles. The van der Waals surface area contributed by atoms with Crippen LogP contribution in [-0.4, -0.2) is 39.9 Å². The number of hydrogen-bond acceptors (Lipinski definition) is 5. The highest BCUT2D eigenvalue weighted by Gasteiger charge is 2.62. The maximum Gasteiger partial charge on any atom is 0.192 e. The van der Waals surface area contributed by atoms with Gasteiger partial charge in [0.1, 0.15) is 6.10 Å². The molecule has 5 atom stereocenters. The Morgan fingerprint density at radius 1 is 1.28 bits per heavy atom. The molecule has 2 bridgehead atoms. The maximum absolute atomic E-state index is 10.2. The van der Waals surface area contributed by atoms with Crippen LogP contribution in [0.1, 0.15) is 44.9 Å². The van der Waals surface area contributed by atoms with Crippen molar-refractivity contribution in [2.45, 2.75) is 74.6 Å². The van der Waals surface area contributed by atoms with Gasteiger partial charge in [-0.3, -0.25) is 0 Å². The minimum absolute atomic E-state index is 0.0843.